The van der Waals surface area contributed by atoms with Gasteiger partial charge in [0.1, 0.15) is 18.0 Å². The summed E-state index contributed by atoms with van der Waals surface area (Å²) >= 11 is 5.88. The molecule has 0 atom stereocenters. The minimum absolute atomic E-state index is 0.0268. The number of nitrogens with one attached hydrogen (secondary N) is 1. The number of anilines is 2. The van der Waals surface area contributed by atoms with Crippen LogP contribution in [0.5, 0.6) is 11.5 Å². The average molecular weight is 451 g/mol. The number of halogens is 2. The number of hydrogen-bond donors (Lipinski definition) is 1. The van der Waals surface area contributed by atoms with Crippen LogP contribution in [-0.2, 0) is 4.74 Å². The van der Waals surface area contributed by atoms with Crippen LogP contribution >= 0.6 is 11.6 Å². The van der Waals surface area contributed by atoms with Gasteiger partial charge < -0.3 is 19.5 Å². The van der Waals surface area contributed by atoms with E-state index in [2.05, 4.69) is 20.2 Å². The fourth-order valence-corrected chi connectivity index (χ4v) is 3.54. The quantitative estimate of drug-likeness (QED) is 0.406. The Morgan fingerprint density at radius 3 is 2.90 bits per heavy atom. The van der Waals surface area contributed by atoms with E-state index < -0.39 is 12.9 Å². The molecular weight excluding hydrogens is 424 g/mol. The zero-order valence-electron chi connectivity index (χ0n) is 19.7. The van der Waals surface area contributed by atoms with Gasteiger partial charge >= 0.3 is 0 Å². The molecule has 164 valence electrons. The topological polar surface area (TPSA) is 68.7 Å². The Morgan fingerprint density at radius 1 is 1.23 bits per heavy atom. The normalized spacial score (nSPS) is 16.4. The maximum Gasteiger partial charge on any atom is 0.162 e. The molecule has 0 radical (unpaired) electrons. The molecule has 9 heteroatoms. The summed E-state index contributed by atoms with van der Waals surface area (Å²) < 4.78 is 52.5. The van der Waals surface area contributed by atoms with Gasteiger partial charge in [0, 0.05) is 36.8 Å². The van der Waals surface area contributed by atoms with E-state index in [0.717, 1.165) is 39.3 Å². The van der Waals surface area contributed by atoms with Crippen LogP contribution in [0.1, 0.15) is 10.5 Å². The molecule has 3 aromatic rings. The molecule has 2 aromatic carbocycles. The van der Waals surface area contributed by atoms with Gasteiger partial charge in [-0.2, -0.15) is 0 Å². The highest BCUT2D eigenvalue weighted by molar-refractivity contribution is 6.31. The summed E-state index contributed by atoms with van der Waals surface area (Å²) in [4.78, 5) is 10.8. The monoisotopic (exact) mass is 450 g/mol. The van der Waals surface area contributed by atoms with E-state index in [9.17, 15) is 4.39 Å². The van der Waals surface area contributed by atoms with Crippen molar-refractivity contribution < 1.29 is 22.7 Å². The lowest BCUT2D eigenvalue weighted by molar-refractivity contribution is 0.0357. The van der Waals surface area contributed by atoms with Gasteiger partial charge in [-0.25, -0.2) is 14.4 Å². The Kier molecular flexibility index (Phi) is 5.84. The molecule has 0 saturated carbocycles. The van der Waals surface area contributed by atoms with E-state index >= 15 is 0 Å². The molecule has 1 N–H and O–H groups in total. The number of rotatable bonds is 8. The fraction of sp³-hybridized carbons (Fsp3) is 0.364. The van der Waals surface area contributed by atoms with E-state index in [1.807, 2.05) is 0 Å². The second-order valence-corrected chi connectivity index (χ2v) is 7.46. The molecule has 7 nitrogen and oxygen atoms in total. The highest BCUT2D eigenvalue weighted by atomic mass is 35.5. The molecule has 0 spiro atoms. The van der Waals surface area contributed by atoms with E-state index in [0.29, 0.717) is 29.0 Å². The number of aromatic nitrogens is 2. The lowest BCUT2D eigenvalue weighted by Gasteiger charge is -2.26. The summed E-state index contributed by atoms with van der Waals surface area (Å²) in [6.45, 7) is 4.40. The average Bonchev–Trinajstić information content (AvgIpc) is 2.79. The second-order valence-electron chi connectivity index (χ2n) is 7.05. The largest absolute Gasteiger partial charge is 0.493 e. The van der Waals surface area contributed by atoms with Gasteiger partial charge in [0.05, 0.1) is 41.5 Å². The van der Waals surface area contributed by atoms with Crippen LogP contribution in [0.4, 0.5) is 15.9 Å². The molecule has 1 aromatic heterocycles. The van der Waals surface area contributed by atoms with Crippen LogP contribution in [-0.4, -0.2) is 61.4 Å². The number of nitrogens with zero attached hydrogens (tertiary/aromatic N) is 3. The molecule has 1 aliphatic heterocycles. The maximum atomic E-state index is 13.5. The highest BCUT2D eigenvalue weighted by Crippen LogP contribution is 2.35. The molecule has 2 heterocycles. The van der Waals surface area contributed by atoms with Crippen molar-refractivity contribution in [3.8, 4) is 11.5 Å². The molecule has 0 bridgehead atoms. The molecule has 0 aliphatic carbocycles. The van der Waals surface area contributed by atoms with Gasteiger partial charge in [-0.1, -0.05) is 11.6 Å². The van der Waals surface area contributed by atoms with Crippen molar-refractivity contribution in [2.24, 2.45) is 0 Å². The Hall–Kier alpha value is -2.68. The van der Waals surface area contributed by atoms with Crippen molar-refractivity contribution in [3.63, 3.8) is 0 Å². The van der Waals surface area contributed by atoms with Crippen molar-refractivity contribution in [2.75, 3.05) is 51.8 Å². The third-order valence-corrected chi connectivity index (χ3v) is 5.26. The number of methoxy groups -OCH3 is 1. The first kappa shape index (κ1) is 17.9. The van der Waals surface area contributed by atoms with Crippen LogP contribution in [0.25, 0.3) is 10.9 Å². The molecule has 1 saturated heterocycles. The number of benzene rings is 2. The van der Waals surface area contributed by atoms with Crippen molar-refractivity contribution in [2.45, 2.75) is 6.42 Å². The summed E-state index contributed by atoms with van der Waals surface area (Å²) in [6, 6.07) is 7.37. The van der Waals surface area contributed by atoms with E-state index in [-0.39, 0.29) is 16.5 Å². The number of hydrogen-bond acceptors (Lipinski definition) is 7. The summed E-state index contributed by atoms with van der Waals surface area (Å²) in [5.74, 6) is 0.221. The third-order valence-electron chi connectivity index (χ3n) is 4.97. The standard InChI is InChI=1S/C22H24ClFN4O3/c1-29-20-13-19-16(12-21(20)31-8-2-5-28-6-9-30-10-7-28)22(26-14-25-19)27-15-3-4-18(24)17(23)11-15/h3-4,11-14H,2,5-10H2,1H3,(H,25,26,27)/i1+1D3. The van der Waals surface area contributed by atoms with Crippen molar-refractivity contribution in [3.05, 3.63) is 47.5 Å². The molecule has 1 fully saturated rings. The van der Waals surface area contributed by atoms with Gasteiger partial charge in [-0.05, 0) is 30.7 Å². The van der Waals surface area contributed by atoms with Gasteiger partial charge in [-0.15, -0.1) is 0 Å². The first-order chi connectivity index (χ1) is 16.3. The first-order valence-electron chi connectivity index (χ1n) is 11.4. The SMILES string of the molecule is [2H][13C]([2H])([2H])Oc1cc2ncnc(Nc3ccc(F)c(Cl)c3)c2cc1OCCCN1CCOCC1. The summed E-state index contributed by atoms with van der Waals surface area (Å²) in [6.07, 6.45) is 2.08. The van der Waals surface area contributed by atoms with Crippen molar-refractivity contribution >= 4 is 34.0 Å². The van der Waals surface area contributed by atoms with Gasteiger partial charge in [-0.3, -0.25) is 4.90 Å². The smallest absolute Gasteiger partial charge is 0.162 e. The lowest BCUT2D eigenvalue weighted by atomic mass is 10.2. The predicted molar refractivity (Wildman–Crippen MR) is 118 cm³/mol. The zero-order valence-corrected chi connectivity index (χ0v) is 17.5. The van der Waals surface area contributed by atoms with Crippen LogP contribution in [0.2, 0.25) is 5.02 Å². The number of fused-ring (bicyclic) bond motifs is 1. The third kappa shape index (κ3) is 5.33. The first-order valence-corrected chi connectivity index (χ1v) is 10.3. The van der Waals surface area contributed by atoms with Gasteiger partial charge in [0.15, 0.2) is 11.5 Å². The number of ether oxygens (including phenoxy) is 3. The second kappa shape index (κ2) is 10.1. The maximum absolute atomic E-state index is 13.5. The summed E-state index contributed by atoms with van der Waals surface area (Å²) in [5.41, 5.74) is 0.979. The van der Waals surface area contributed by atoms with Gasteiger partial charge in [0.25, 0.3) is 0 Å². The minimum atomic E-state index is -2.65. The Bertz CT molecular complexity index is 1150. The zero-order chi connectivity index (χ0) is 24.1. The fourth-order valence-electron chi connectivity index (χ4n) is 3.36. The van der Waals surface area contributed by atoms with E-state index in [1.165, 1.54) is 30.6 Å². The van der Waals surface area contributed by atoms with Crippen LogP contribution in [0, 0.1) is 5.82 Å². The summed E-state index contributed by atoms with van der Waals surface area (Å²) in [7, 11) is -2.65. The van der Waals surface area contributed by atoms with Gasteiger partial charge in [0.2, 0.25) is 0 Å². The Balaban J connectivity index is 1.57. The minimum Gasteiger partial charge on any atom is -0.493 e. The highest BCUT2D eigenvalue weighted by Gasteiger charge is 2.14. The number of morpholine rings is 1. The van der Waals surface area contributed by atoms with Crippen LogP contribution < -0.4 is 14.8 Å². The summed E-state index contributed by atoms with van der Waals surface area (Å²) in [5, 5.41) is 3.64. The van der Waals surface area contributed by atoms with Crippen LogP contribution in [0.3, 0.4) is 0 Å². The molecule has 0 amide bonds. The van der Waals surface area contributed by atoms with E-state index in [4.69, 9.17) is 29.9 Å². The Morgan fingerprint density at radius 2 is 2.10 bits per heavy atom. The molecule has 1 aliphatic rings. The lowest BCUT2D eigenvalue weighted by Crippen LogP contribution is -2.37. The molecule has 4 rings (SSSR count). The molecule has 0 unspecified atom stereocenters. The van der Waals surface area contributed by atoms with Crippen molar-refractivity contribution in [1.29, 1.82) is 0 Å². The van der Waals surface area contributed by atoms with Crippen LogP contribution in [0.15, 0.2) is 36.7 Å². The van der Waals surface area contributed by atoms with Crippen molar-refractivity contribution in [1.82, 2.24) is 14.9 Å². The predicted octanol–water partition coefficient (Wildman–Crippen LogP) is 4.28. The molecule has 31 heavy (non-hydrogen) atoms. The van der Waals surface area contributed by atoms with E-state index in [1.54, 1.807) is 6.07 Å². The Labute approximate surface area is 189 Å². The molecular formula is C22H24ClFN4O3.